The summed E-state index contributed by atoms with van der Waals surface area (Å²) in [5, 5.41) is 0. The van der Waals surface area contributed by atoms with Crippen molar-refractivity contribution >= 4 is 19.8 Å². The highest BCUT2D eigenvalue weighted by Gasteiger charge is 2.24. The lowest BCUT2D eigenvalue weighted by Gasteiger charge is -2.19. The lowest BCUT2D eigenvalue weighted by atomic mass is 10.1. The van der Waals surface area contributed by atoms with E-state index in [4.69, 9.17) is 14.0 Å². The number of allylic oxidation sites excluding steroid dienone is 6. The molecule has 0 radical (unpaired) electrons. The number of phosphoric ester groups is 1. The molecule has 8 nitrogen and oxygen atoms in total. The number of ether oxygens (including phenoxy) is 2. The van der Waals surface area contributed by atoms with E-state index >= 15 is 0 Å². The fourth-order valence-corrected chi connectivity index (χ4v) is 6.97. The van der Waals surface area contributed by atoms with Gasteiger partial charge in [-0.1, -0.05) is 179 Å². The predicted octanol–water partition coefficient (Wildman–Crippen LogP) is 14.8. The minimum atomic E-state index is -4.27. The van der Waals surface area contributed by atoms with Crippen molar-refractivity contribution < 1.29 is 37.6 Å². The second-order valence-electron chi connectivity index (χ2n) is 15.5. The molecule has 0 aliphatic heterocycles. The first-order valence-electron chi connectivity index (χ1n) is 23.2. The van der Waals surface area contributed by atoms with Crippen molar-refractivity contribution in [1.29, 1.82) is 0 Å². The first-order chi connectivity index (χ1) is 27.3. The van der Waals surface area contributed by atoms with Crippen molar-refractivity contribution in [2.45, 2.75) is 232 Å². The zero-order valence-corrected chi connectivity index (χ0v) is 37.4. The highest BCUT2D eigenvalue weighted by molar-refractivity contribution is 7.47. The highest BCUT2D eigenvalue weighted by Crippen LogP contribution is 2.42. The Kier molecular flexibility index (Phi) is 41.5. The number of hydrogen-bond acceptors (Lipinski definition) is 7. The van der Waals surface area contributed by atoms with E-state index in [1.807, 2.05) is 0 Å². The van der Waals surface area contributed by atoms with Crippen molar-refractivity contribution in [3.63, 3.8) is 0 Å². The quantitative estimate of drug-likeness (QED) is 0.0281. The molecule has 328 valence electrons. The maximum absolute atomic E-state index is 12.5. The smallest absolute Gasteiger partial charge is 0.462 e. The number of unbranched alkanes of at least 4 members (excludes halogenated alkanes) is 26. The standard InChI is InChI=1S/C47H87O8P/c1-4-6-8-10-12-14-16-18-20-22-24-26-28-30-32-34-36-38-40-42-47(49)55-45(44-54-56(50,51)52-3)43-53-46(48)41-39-37-35-33-31-29-27-25-23-21-19-17-15-13-11-9-7-5-2/h12,14,18,20-21,23,45H,4-11,13,15-17,19,22,24-44H2,1-3H3,(H,50,51)/b14-12-,20-18-,23-21-. The molecular weight excluding hydrogens is 723 g/mol. The molecule has 0 amide bonds. The second kappa shape index (κ2) is 42.9. The number of carbonyl (C=O) groups is 2. The Morgan fingerprint density at radius 2 is 0.857 bits per heavy atom. The van der Waals surface area contributed by atoms with Crippen molar-refractivity contribution in [2.24, 2.45) is 0 Å². The Bertz CT molecular complexity index is 1010. The third-order valence-corrected chi connectivity index (χ3v) is 11.0. The van der Waals surface area contributed by atoms with Crippen LogP contribution in [0.5, 0.6) is 0 Å². The van der Waals surface area contributed by atoms with Gasteiger partial charge in [-0.2, -0.15) is 0 Å². The first-order valence-corrected chi connectivity index (χ1v) is 24.7. The molecule has 0 aliphatic carbocycles. The van der Waals surface area contributed by atoms with Crippen LogP contribution in [0.15, 0.2) is 36.5 Å². The molecule has 0 spiro atoms. The summed E-state index contributed by atoms with van der Waals surface area (Å²) in [5.74, 6) is -0.807. The van der Waals surface area contributed by atoms with Crippen LogP contribution >= 0.6 is 7.82 Å². The molecule has 0 bridgehead atoms. The zero-order chi connectivity index (χ0) is 41.1. The van der Waals surface area contributed by atoms with E-state index < -0.39 is 26.5 Å². The van der Waals surface area contributed by atoms with Gasteiger partial charge in [-0.15, -0.1) is 0 Å². The summed E-state index contributed by atoms with van der Waals surface area (Å²) in [4.78, 5) is 34.6. The van der Waals surface area contributed by atoms with Gasteiger partial charge in [0, 0.05) is 20.0 Å². The van der Waals surface area contributed by atoms with Crippen molar-refractivity contribution in [1.82, 2.24) is 0 Å². The van der Waals surface area contributed by atoms with Gasteiger partial charge in [0.2, 0.25) is 0 Å². The lowest BCUT2D eigenvalue weighted by Crippen LogP contribution is -2.29. The summed E-state index contributed by atoms with van der Waals surface area (Å²) >= 11 is 0. The molecule has 0 heterocycles. The number of phosphoric acid groups is 1. The summed E-state index contributed by atoms with van der Waals surface area (Å²) in [6, 6.07) is 0. The van der Waals surface area contributed by atoms with Crippen LogP contribution in [0, 0.1) is 0 Å². The molecule has 0 saturated carbocycles. The third-order valence-electron chi connectivity index (χ3n) is 10.1. The van der Waals surface area contributed by atoms with Gasteiger partial charge in [-0.05, 0) is 70.6 Å². The SMILES string of the molecule is CCCCC/C=C\C/C=C\CCCCCCCCCCCC(=O)OC(COC(=O)CCCCCCCCC/C=C\CCCCCCCCC)COP(=O)(O)OC. The van der Waals surface area contributed by atoms with Gasteiger partial charge in [0.05, 0.1) is 6.61 Å². The fourth-order valence-electron chi connectivity index (χ4n) is 6.51. The minimum Gasteiger partial charge on any atom is -0.462 e. The molecule has 0 aromatic rings. The van der Waals surface area contributed by atoms with E-state index in [0.717, 1.165) is 52.1 Å². The molecule has 56 heavy (non-hydrogen) atoms. The van der Waals surface area contributed by atoms with Gasteiger partial charge in [0.15, 0.2) is 6.10 Å². The lowest BCUT2D eigenvalue weighted by molar-refractivity contribution is -0.161. The van der Waals surface area contributed by atoms with Crippen LogP contribution in [-0.4, -0.2) is 43.3 Å². The average Bonchev–Trinajstić information content (AvgIpc) is 3.19. The van der Waals surface area contributed by atoms with Crippen LogP contribution in [0.4, 0.5) is 0 Å². The van der Waals surface area contributed by atoms with Crippen molar-refractivity contribution in [3.05, 3.63) is 36.5 Å². The summed E-state index contributed by atoms with van der Waals surface area (Å²) in [5.41, 5.74) is 0. The van der Waals surface area contributed by atoms with Crippen LogP contribution in [0.3, 0.4) is 0 Å². The maximum Gasteiger partial charge on any atom is 0.472 e. The molecule has 0 aromatic heterocycles. The molecule has 1 N–H and O–H groups in total. The minimum absolute atomic E-state index is 0.228. The molecule has 0 aliphatic rings. The first kappa shape index (κ1) is 54.3. The molecule has 0 fully saturated rings. The van der Waals surface area contributed by atoms with E-state index in [2.05, 4.69) is 54.8 Å². The largest absolute Gasteiger partial charge is 0.472 e. The van der Waals surface area contributed by atoms with E-state index in [9.17, 15) is 19.0 Å². The van der Waals surface area contributed by atoms with Gasteiger partial charge in [0.1, 0.15) is 6.61 Å². The van der Waals surface area contributed by atoms with Crippen LogP contribution in [-0.2, 0) is 32.7 Å². The Morgan fingerprint density at radius 1 is 0.500 bits per heavy atom. The number of rotatable bonds is 43. The van der Waals surface area contributed by atoms with Crippen LogP contribution in [0.2, 0.25) is 0 Å². The summed E-state index contributed by atoms with van der Waals surface area (Å²) in [7, 11) is -3.20. The number of carbonyl (C=O) groups excluding carboxylic acids is 2. The molecule has 0 aromatic carbocycles. The van der Waals surface area contributed by atoms with Crippen LogP contribution < -0.4 is 0 Å². The normalized spacial score (nSPS) is 13.6. The molecule has 0 saturated heterocycles. The predicted molar refractivity (Wildman–Crippen MR) is 235 cm³/mol. The van der Waals surface area contributed by atoms with Crippen LogP contribution in [0.1, 0.15) is 226 Å². The average molecular weight is 811 g/mol. The maximum atomic E-state index is 12.5. The number of esters is 2. The third kappa shape index (κ3) is 41.9. The summed E-state index contributed by atoms with van der Waals surface area (Å²) in [6.45, 7) is 3.88. The summed E-state index contributed by atoms with van der Waals surface area (Å²) < 4.78 is 32.1. The Hall–Kier alpha value is -1.73. The summed E-state index contributed by atoms with van der Waals surface area (Å²) in [6.07, 6.45) is 50.5. The molecule has 0 rings (SSSR count). The van der Waals surface area contributed by atoms with Crippen molar-refractivity contribution in [2.75, 3.05) is 20.3 Å². The van der Waals surface area contributed by atoms with E-state index in [-0.39, 0.29) is 25.4 Å². The van der Waals surface area contributed by atoms with Gasteiger partial charge in [0.25, 0.3) is 0 Å². The Balaban J connectivity index is 3.96. The second-order valence-corrected chi connectivity index (χ2v) is 17.1. The van der Waals surface area contributed by atoms with Crippen molar-refractivity contribution in [3.8, 4) is 0 Å². The van der Waals surface area contributed by atoms with E-state index in [1.165, 1.54) is 148 Å². The highest BCUT2D eigenvalue weighted by atomic mass is 31.2. The van der Waals surface area contributed by atoms with Gasteiger partial charge in [-0.3, -0.25) is 18.6 Å². The molecule has 2 atom stereocenters. The molecular formula is C47H87O8P. The number of hydrogen-bond donors (Lipinski definition) is 1. The monoisotopic (exact) mass is 811 g/mol. The van der Waals surface area contributed by atoms with Gasteiger partial charge >= 0.3 is 19.8 Å². The van der Waals surface area contributed by atoms with E-state index in [0.29, 0.717) is 6.42 Å². The van der Waals surface area contributed by atoms with E-state index in [1.54, 1.807) is 0 Å². The molecule has 9 heteroatoms. The topological polar surface area (TPSA) is 108 Å². The van der Waals surface area contributed by atoms with Gasteiger partial charge < -0.3 is 14.4 Å². The van der Waals surface area contributed by atoms with Crippen LogP contribution in [0.25, 0.3) is 0 Å². The van der Waals surface area contributed by atoms with Gasteiger partial charge in [-0.25, -0.2) is 4.57 Å². The zero-order valence-electron chi connectivity index (χ0n) is 36.5. The Morgan fingerprint density at radius 3 is 1.30 bits per heavy atom. The molecule has 2 unspecified atom stereocenters. The Labute approximate surface area is 345 Å². The fraction of sp³-hybridized carbons (Fsp3) is 0.830.